The second-order valence-electron chi connectivity index (χ2n) is 3.71. The maximum Gasteiger partial charge on any atom is 0.339 e. The normalized spacial score (nSPS) is 10.3. The van der Waals surface area contributed by atoms with Gasteiger partial charge < -0.3 is 15.0 Å². The Bertz CT molecular complexity index is 579. The third-order valence-electron chi connectivity index (χ3n) is 2.42. The highest BCUT2D eigenvalue weighted by Crippen LogP contribution is 2.07. The van der Waals surface area contributed by atoms with Crippen molar-refractivity contribution >= 4 is 11.9 Å². The Morgan fingerprint density at radius 3 is 2.89 bits per heavy atom. The van der Waals surface area contributed by atoms with Crippen LogP contribution in [0.1, 0.15) is 21.9 Å². The molecule has 2 N–H and O–H groups in total. The quantitative estimate of drug-likeness (QED) is 0.797. The van der Waals surface area contributed by atoms with E-state index in [0.717, 1.165) is 5.82 Å². The number of rotatable bonds is 4. The van der Waals surface area contributed by atoms with E-state index in [1.165, 1.54) is 6.20 Å². The average molecular weight is 248 g/mol. The Kier molecular flexibility index (Phi) is 3.18. The third kappa shape index (κ3) is 2.42. The fourth-order valence-corrected chi connectivity index (χ4v) is 1.39. The fourth-order valence-electron chi connectivity index (χ4n) is 1.39. The van der Waals surface area contributed by atoms with E-state index in [0.29, 0.717) is 18.2 Å². The van der Waals surface area contributed by atoms with Crippen LogP contribution >= 0.6 is 0 Å². The van der Waals surface area contributed by atoms with E-state index in [4.69, 9.17) is 5.11 Å². The molecule has 2 aromatic heterocycles. The van der Waals surface area contributed by atoms with Gasteiger partial charge in [0.25, 0.3) is 0 Å². The molecule has 2 aromatic rings. The summed E-state index contributed by atoms with van der Waals surface area (Å²) in [5.41, 5.74) is 0.511. The van der Waals surface area contributed by atoms with E-state index in [-0.39, 0.29) is 5.56 Å². The highest BCUT2D eigenvalue weighted by Gasteiger charge is 2.10. The second kappa shape index (κ2) is 4.78. The largest absolute Gasteiger partial charge is 0.478 e. The lowest BCUT2D eigenvalue weighted by molar-refractivity contribution is 0.0695. The van der Waals surface area contributed by atoms with Crippen molar-refractivity contribution in [3.05, 3.63) is 29.6 Å². The number of nitrogens with zero attached hydrogens (tertiary/aromatic N) is 5. The molecule has 0 amide bonds. The molecule has 0 aliphatic rings. The molecule has 94 valence electrons. The van der Waals surface area contributed by atoms with Gasteiger partial charge in [-0.1, -0.05) is 0 Å². The Labute approximate surface area is 103 Å². The van der Waals surface area contributed by atoms with E-state index >= 15 is 0 Å². The van der Waals surface area contributed by atoms with Crippen LogP contribution in [0.15, 0.2) is 12.5 Å². The third-order valence-corrected chi connectivity index (χ3v) is 2.42. The summed E-state index contributed by atoms with van der Waals surface area (Å²) in [6.07, 6.45) is 2.88. The predicted octanol–water partition coefficient (Wildman–Crippen LogP) is 0.224. The minimum absolute atomic E-state index is 0.0965. The van der Waals surface area contributed by atoms with Crippen molar-refractivity contribution in [1.82, 2.24) is 24.7 Å². The molecule has 0 radical (unpaired) electrons. The van der Waals surface area contributed by atoms with Crippen LogP contribution in [0, 0.1) is 6.92 Å². The van der Waals surface area contributed by atoms with Gasteiger partial charge in [0, 0.05) is 13.2 Å². The van der Waals surface area contributed by atoms with Gasteiger partial charge >= 0.3 is 5.97 Å². The topological polar surface area (TPSA) is 106 Å². The van der Waals surface area contributed by atoms with Crippen LogP contribution in [0.5, 0.6) is 0 Å². The Balaban J connectivity index is 2.09. The van der Waals surface area contributed by atoms with Crippen LogP contribution in [0.3, 0.4) is 0 Å². The zero-order chi connectivity index (χ0) is 13.1. The first-order chi connectivity index (χ1) is 8.58. The van der Waals surface area contributed by atoms with Gasteiger partial charge in [-0.25, -0.2) is 14.8 Å². The molecule has 0 spiro atoms. The van der Waals surface area contributed by atoms with Gasteiger partial charge in [-0.05, 0) is 6.92 Å². The molecule has 0 saturated carbocycles. The second-order valence-corrected chi connectivity index (χ2v) is 3.71. The first-order valence-corrected chi connectivity index (χ1v) is 5.21. The van der Waals surface area contributed by atoms with E-state index in [1.807, 2.05) is 7.05 Å². The maximum absolute atomic E-state index is 10.8. The van der Waals surface area contributed by atoms with Crippen molar-refractivity contribution in [2.45, 2.75) is 13.5 Å². The molecule has 8 heteroatoms. The first-order valence-electron chi connectivity index (χ1n) is 5.21. The van der Waals surface area contributed by atoms with Gasteiger partial charge in [0.05, 0.1) is 17.8 Å². The van der Waals surface area contributed by atoms with Gasteiger partial charge in [-0.2, -0.15) is 0 Å². The number of aryl methyl sites for hydroxylation is 2. The number of carboxylic acids is 1. The van der Waals surface area contributed by atoms with Crippen molar-refractivity contribution in [1.29, 1.82) is 0 Å². The summed E-state index contributed by atoms with van der Waals surface area (Å²) < 4.78 is 1.77. The molecule has 0 aliphatic heterocycles. The van der Waals surface area contributed by atoms with E-state index in [9.17, 15) is 4.79 Å². The summed E-state index contributed by atoms with van der Waals surface area (Å²) in [5, 5.41) is 19.5. The molecule has 0 bridgehead atoms. The average Bonchev–Trinajstić information content (AvgIpc) is 2.72. The summed E-state index contributed by atoms with van der Waals surface area (Å²) in [7, 11) is 1.83. The van der Waals surface area contributed by atoms with E-state index < -0.39 is 5.97 Å². The van der Waals surface area contributed by atoms with Crippen LogP contribution in [-0.4, -0.2) is 35.8 Å². The summed E-state index contributed by atoms with van der Waals surface area (Å²) >= 11 is 0. The number of carbonyl (C=O) groups is 1. The number of aromatic carboxylic acids is 1. The Hall–Kier alpha value is -2.51. The molecule has 0 aromatic carbocycles. The van der Waals surface area contributed by atoms with Crippen molar-refractivity contribution in [2.75, 3.05) is 5.32 Å². The number of carboxylic acid groups (broad SMARTS) is 1. The molecular formula is C10H12N6O2. The van der Waals surface area contributed by atoms with Crippen molar-refractivity contribution < 1.29 is 9.90 Å². The smallest absolute Gasteiger partial charge is 0.339 e. The summed E-state index contributed by atoms with van der Waals surface area (Å²) in [5.74, 6) is 0.0615. The lowest BCUT2D eigenvalue weighted by Crippen LogP contribution is -2.10. The number of hydrogen-bond acceptors (Lipinski definition) is 6. The van der Waals surface area contributed by atoms with Crippen LogP contribution in [0.4, 0.5) is 5.95 Å². The zero-order valence-corrected chi connectivity index (χ0v) is 9.95. The monoisotopic (exact) mass is 248 g/mol. The van der Waals surface area contributed by atoms with Gasteiger partial charge in [0.15, 0.2) is 5.82 Å². The van der Waals surface area contributed by atoms with E-state index in [1.54, 1.807) is 17.8 Å². The maximum atomic E-state index is 10.8. The molecule has 0 atom stereocenters. The SMILES string of the molecule is Cc1nc(NCc2nncn2C)ncc1C(=O)O. The van der Waals surface area contributed by atoms with Gasteiger partial charge in [-0.3, -0.25) is 0 Å². The molecule has 0 unspecified atom stereocenters. The molecule has 8 nitrogen and oxygen atoms in total. The summed E-state index contributed by atoms with van der Waals surface area (Å²) in [4.78, 5) is 18.8. The van der Waals surface area contributed by atoms with Gasteiger partial charge in [-0.15, -0.1) is 10.2 Å². The Morgan fingerprint density at radius 2 is 2.33 bits per heavy atom. The zero-order valence-electron chi connectivity index (χ0n) is 9.95. The number of hydrogen-bond donors (Lipinski definition) is 2. The van der Waals surface area contributed by atoms with Crippen LogP contribution in [-0.2, 0) is 13.6 Å². The standard InChI is InChI=1S/C10H12N6O2/c1-6-7(9(17)18)3-11-10(14-6)12-4-8-15-13-5-16(8)2/h3,5H,4H2,1-2H3,(H,17,18)(H,11,12,14). The molecule has 2 rings (SSSR count). The van der Waals surface area contributed by atoms with Gasteiger partial charge in [0.2, 0.25) is 5.95 Å². The van der Waals surface area contributed by atoms with Crippen molar-refractivity contribution in [3.63, 3.8) is 0 Å². The lowest BCUT2D eigenvalue weighted by atomic mass is 10.2. The molecule has 0 saturated heterocycles. The molecule has 18 heavy (non-hydrogen) atoms. The van der Waals surface area contributed by atoms with E-state index in [2.05, 4.69) is 25.5 Å². The van der Waals surface area contributed by atoms with Crippen LogP contribution in [0.2, 0.25) is 0 Å². The highest BCUT2D eigenvalue weighted by molar-refractivity contribution is 5.88. The minimum atomic E-state index is -1.03. The number of aromatic nitrogens is 5. The number of nitrogens with one attached hydrogen (secondary N) is 1. The number of anilines is 1. The summed E-state index contributed by atoms with van der Waals surface area (Å²) in [6.45, 7) is 2.04. The molecule has 2 heterocycles. The van der Waals surface area contributed by atoms with Gasteiger partial charge in [0.1, 0.15) is 6.33 Å². The first kappa shape index (κ1) is 12.0. The van der Waals surface area contributed by atoms with Crippen LogP contribution < -0.4 is 5.32 Å². The highest BCUT2D eigenvalue weighted by atomic mass is 16.4. The Morgan fingerprint density at radius 1 is 1.56 bits per heavy atom. The summed E-state index contributed by atoms with van der Waals surface area (Å²) in [6, 6.07) is 0. The predicted molar refractivity (Wildman–Crippen MR) is 62.1 cm³/mol. The van der Waals surface area contributed by atoms with Crippen LogP contribution in [0.25, 0.3) is 0 Å². The molecule has 0 fully saturated rings. The molecular weight excluding hydrogens is 236 g/mol. The minimum Gasteiger partial charge on any atom is -0.478 e. The van der Waals surface area contributed by atoms with Crippen molar-refractivity contribution in [3.8, 4) is 0 Å². The fraction of sp³-hybridized carbons (Fsp3) is 0.300. The lowest BCUT2D eigenvalue weighted by Gasteiger charge is -2.06. The van der Waals surface area contributed by atoms with Crippen molar-refractivity contribution in [2.24, 2.45) is 7.05 Å². The molecule has 0 aliphatic carbocycles.